The van der Waals surface area contributed by atoms with E-state index < -0.39 is 59.6 Å². The van der Waals surface area contributed by atoms with Crippen LogP contribution in [-0.4, -0.2) is 100 Å². The lowest BCUT2D eigenvalue weighted by atomic mass is 9.70. The topological polar surface area (TPSA) is 135 Å². The van der Waals surface area contributed by atoms with Gasteiger partial charge in [-0.2, -0.15) is 0 Å². The Morgan fingerprint density at radius 1 is 1.14 bits per heavy atom. The van der Waals surface area contributed by atoms with Gasteiger partial charge in [0.25, 0.3) is 0 Å². The molecule has 1 spiro atoms. The molecule has 5 rings (SSSR count). The van der Waals surface area contributed by atoms with Gasteiger partial charge in [0.2, 0.25) is 17.7 Å². The van der Waals surface area contributed by atoms with Gasteiger partial charge in [-0.1, -0.05) is 95.7 Å². The Balaban J connectivity index is 1.52. The molecule has 0 radical (unpaired) electrons. The van der Waals surface area contributed by atoms with E-state index in [9.17, 15) is 24.3 Å². The summed E-state index contributed by atoms with van der Waals surface area (Å²) in [6.07, 6.45) is 2.91. The van der Waals surface area contributed by atoms with Gasteiger partial charge in [0.1, 0.15) is 17.7 Å². The number of fused-ring (bicyclic) bond motifs is 1. The van der Waals surface area contributed by atoms with Crippen molar-refractivity contribution in [1.82, 2.24) is 15.1 Å². The third-order valence-corrected chi connectivity index (χ3v) is 11.0. The van der Waals surface area contributed by atoms with E-state index in [1.54, 1.807) is 29.2 Å². The van der Waals surface area contributed by atoms with Crippen LogP contribution >= 0.6 is 15.9 Å². The molecule has 2 bridgehead atoms. The van der Waals surface area contributed by atoms with E-state index in [0.29, 0.717) is 24.8 Å². The van der Waals surface area contributed by atoms with E-state index in [-0.39, 0.29) is 49.4 Å². The summed E-state index contributed by atoms with van der Waals surface area (Å²) in [5.41, 5.74) is 0.172. The summed E-state index contributed by atoms with van der Waals surface area (Å²) in [7, 11) is 1.50. The first kappa shape index (κ1) is 38.4. The number of esters is 1. The molecule has 11 nitrogen and oxygen atoms in total. The number of allylic oxidation sites excluding steroid dienone is 1. The lowest BCUT2D eigenvalue weighted by Gasteiger charge is -2.39. The van der Waals surface area contributed by atoms with Gasteiger partial charge in [0.15, 0.2) is 0 Å². The molecule has 3 amide bonds. The first-order valence-corrected chi connectivity index (χ1v) is 18.4. The van der Waals surface area contributed by atoms with E-state index in [1.807, 2.05) is 55.5 Å². The fourth-order valence-electron chi connectivity index (χ4n) is 7.91. The summed E-state index contributed by atoms with van der Waals surface area (Å²) >= 11 is 3.73. The largest absolute Gasteiger partial charge is 0.455 e. The number of aliphatic hydroxyl groups is 1. The number of alkyl halides is 1. The van der Waals surface area contributed by atoms with Gasteiger partial charge in [-0.25, -0.2) is 0 Å². The van der Waals surface area contributed by atoms with Crippen molar-refractivity contribution in [1.29, 1.82) is 0 Å². The molecule has 274 valence electrons. The van der Waals surface area contributed by atoms with Gasteiger partial charge >= 0.3 is 5.97 Å². The fraction of sp³-hybridized carbons (Fsp3) is 0.487. The molecule has 0 aliphatic carbocycles. The lowest BCUT2D eigenvalue weighted by Crippen LogP contribution is -2.58. The minimum atomic E-state index is -1.36. The Morgan fingerprint density at radius 3 is 2.43 bits per heavy atom. The van der Waals surface area contributed by atoms with Crippen LogP contribution in [0.1, 0.15) is 49.8 Å². The normalized spacial score (nSPS) is 26.5. The lowest BCUT2D eigenvalue weighted by molar-refractivity contribution is -0.163. The Bertz CT molecular complexity index is 1560. The smallest absolute Gasteiger partial charge is 0.313 e. The molecule has 3 aliphatic heterocycles. The number of nitrogens with one attached hydrogen (secondary N) is 1. The van der Waals surface area contributed by atoms with Gasteiger partial charge < -0.3 is 34.4 Å². The molecule has 3 saturated heterocycles. The zero-order valence-electron chi connectivity index (χ0n) is 29.2. The average molecular weight is 767 g/mol. The number of likely N-dealkylation sites (tertiary alicyclic amines) is 1. The molecule has 2 aromatic carbocycles. The molecule has 3 aliphatic rings. The van der Waals surface area contributed by atoms with Crippen molar-refractivity contribution >= 4 is 39.6 Å². The summed E-state index contributed by atoms with van der Waals surface area (Å²) in [6.45, 7) is 9.56. The number of carbonyl (C=O) groups is 4. The zero-order chi connectivity index (χ0) is 36.7. The number of methoxy groups -OCH3 is 1. The number of benzene rings is 2. The maximum atomic E-state index is 14.8. The summed E-state index contributed by atoms with van der Waals surface area (Å²) in [6, 6.07) is 16.0. The van der Waals surface area contributed by atoms with Crippen molar-refractivity contribution in [2.24, 2.45) is 11.8 Å². The molecule has 0 saturated carbocycles. The Morgan fingerprint density at radius 2 is 1.82 bits per heavy atom. The fourth-order valence-corrected chi connectivity index (χ4v) is 8.86. The van der Waals surface area contributed by atoms with Crippen molar-refractivity contribution in [3.63, 3.8) is 0 Å². The van der Waals surface area contributed by atoms with Gasteiger partial charge in [-0.3, -0.25) is 19.2 Å². The van der Waals surface area contributed by atoms with Crippen molar-refractivity contribution in [3.05, 3.63) is 97.1 Å². The van der Waals surface area contributed by atoms with Crippen LogP contribution < -0.4 is 5.32 Å². The van der Waals surface area contributed by atoms with Crippen LogP contribution in [0.15, 0.2) is 86.0 Å². The molecule has 2 aromatic rings. The number of carbonyl (C=O) groups excluding carboxylic acids is 4. The number of rotatable bonds is 18. The van der Waals surface area contributed by atoms with Gasteiger partial charge in [0.05, 0.1) is 43.2 Å². The number of amides is 3. The van der Waals surface area contributed by atoms with Crippen LogP contribution in [0.2, 0.25) is 0 Å². The Labute approximate surface area is 308 Å². The second-order valence-electron chi connectivity index (χ2n) is 13.4. The summed E-state index contributed by atoms with van der Waals surface area (Å²) in [5, 5.41) is 13.4. The predicted molar refractivity (Wildman–Crippen MR) is 194 cm³/mol. The molecule has 2 N–H and O–H groups in total. The van der Waals surface area contributed by atoms with Crippen molar-refractivity contribution in [2.45, 2.75) is 79.9 Å². The quantitative estimate of drug-likeness (QED) is 0.132. The highest BCUT2D eigenvalue weighted by molar-refractivity contribution is 9.09. The van der Waals surface area contributed by atoms with Crippen LogP contribution in [0.4, 0.5) is 0 Å². The van der Waals surface area contributed by atoms with Crippen molar-refractivity contribution < 1.29 is 38.5 Å². The summed E-state index contributed by atoms with van der Waals surface area (Å²) in [5.74, 6) is -3.83. The highest BCUT2D eigenvalue weighted by Gasteiger charge is 2.77. The third-order valence-electron chi connectivity index (χ3n) is 10.2. The zero-order valence-corrected chi connectivity index (χ0v) is 30.8. The van der Waals surface area contributed by atoms with Crippen molar-refractivity contribution in [2.75, 3.05) is 26.9 Å². The van der Waals surface area contributed by atoms with Crippen LogP contribution in [0.3, 0.4) is 0 Å². The van der Waals surface area contributed by atoms with Crippen LogP contribution in [0.25, 0.3) is 0 Å². The van der Waals surface area contributed by atoms with E-state index in [0.717, 1.165) is 5.56 Å². The van der Waals surface area contributed by atoms with Gasteiger partial charge in [-0.05, 0) is 30.4 Å². The Hall–Kier alpha value is -3.84. The van der Waals surface area contributed by atoms with E-state index in [2.05, 4.69) is 34.4 Å². The van der Waals surface area contributed by atoms with Gasteiger partial charge in [0, 0.05) is 31.4 Å². The van der Waals surface area contributed by atoms with Crippen LogP contribution in [-0.2, 0) is 39.9 Å². The van der Waals surface area contributed by atoms with Crippen molar-refractivity contribution in [3.8, 4) is 0 Å². The number of hydrogen-bond donors (Lipinski definition) is 2. The first-order valence-electron chi connectivity index (χ1n) is 17.5. The summed E-state index contributed by atoms with van der Waals surface area (Å²) < 4.78 is 18.5. The molecule has 3 heterocycles. The Kier molecular flexibility index (Phi) is 12.9. The number of nitrogens with zero attached hydrogens (tertiary/aromatic N) is 2. The highest BCUT2D eigenvalue weighted by Crippen LogP contribution is 2.61. The van der Waals surface area contributed by atoms with E-state index in [1.165, 1.54) is 12.0 Å². The standard InChI is InChI=1S/C39H48BrN3O8/c1-5-8-19-30(45)41-29(24-49-4)33(26-17-13-10-14-18-26)50-38(48)31-32-36(46)43(27(7-3)23-44)35(39(32)21-28(40)34(31)51-39)37(47)42(20-6-2)22-25-15-11-9-12-16-25/h5-6,9-18,27-29,31-35,44H,1-2,7-8,19-24H2,3-4H3,(H,41,45)/t27-,28?,29+,31+,32-,33+,34+,35+,39-/m0/s1. The number of halogens is 1. The SMILES string of the molecule is C=CCCC(=O)N[C@H](COC)[C@H](OC(=O)[C@H]1[C@@H]2O[C@@]3(CC2Br)[C@@H]1C(=O)N([C@@H](CC)CO)[C@@H]3C(=O)N(CC=C)Cc1ccccc1)c1ccccc1. The number of hydrogen-bond acceptors (Lipinski definition) is 8. The monoisotopic (exact) mass is 765 g/mol. The van der Waals surface area contributed by atoms with Crippen LogP contribution in [0, 0.1) is 11.8 Å². The minimum absolute atomic E-state index is 0.0459. The molecular weight excluding hydrogens is 718 g/mol. The second-order valence-corrected chi connectivity index (χ2v) is 14.5. The molecule has 9 atom stereocenters. The molecule has 0 aromatic heterocycles. The molecule has 1 unspecified atom stereocenters. The molecule has 51 heavy (non-hydrogen) atoms. The molecular formula is C39H48BrN3O8. The molecule has 12 heteroatoms. The first-order chi connectivity index (χ1) is 24.6. The predicted octanol–water partition coefficient (Wildman–Crippen LogP) is 4.10. The third kappa shape index (κ3) is 7.69. The maximum Gasteiger partial charge on any atom is 0.313 e. The molecule has 3 fully saturated rings. The minimum Gasteiger partial charge on any atom is -0.455 e. The van der Waals surface area contributed by atoms with E-state index in [4.69, 9.17) is 14.2 Å². The summed E-state index contributed by atoms with van der Waals surface area (Å²) in [4.78, 5) is 59.6. The number of ether oxygens (including phenoxy) is 3. The average Bonchev–Trinajstić information content (AvgIpc) is 3.73. The second kappa shape index (κ2) is 17.1. The maximum absolute atomic E-state index is 14.8. The number of aliphatic hydroxyl groups excluding tert-OH is 1. The van der Waals surface area contributed by atoms with E-state index >= 15 is 0 Å². The van der Waals surface area contributed by atoms with Gasteiger partial charge in [-0.15, -0.1) is 13.2 Å². The highest BCUT2D eigenvalue weighted by atomic mass is 79.9. The van der Waals surface area contributed by atoms with Crippen LogP contribution in [0.5, 0.6) is 0 Å².